The molecule has 0 radical (unpaired) electrons. The summed E-state index contributed by atoms with van der Waals surface area (Å²) in [6.45, 7) is 0.467. The van der Waals surface area contributed by atoms with Crippen molar-refractivity contribution in [2.75, 3.05) is 5.32 Å². The molecule has 1 unspecified atom stereocenters. The van der Waals surface area contributed by atoms with Crippen molar-refractivity contribution in [3.63, 3.8) is 0 Å². The summed E-state index contributed by atoms with van der Waals surface area (Å²) in [5, 5.41) is 11.4. The fourth-order valence-corrected chi connectivity index (χ4v) is 2.46. The van der Waals surface area contributed by atoms with Crippen molar-refractivity contribution < 1.29 is 32.6 Å². The molecule has 0 saturated carbocycles. The average molecular weight is 365 g/mol. The van der Waals surface area contributed by atoms with Crippen molar-refractivity contribution in [3.05, 3.63) is 59.2 Å². The number of alkyl halides is 3. The molecule has 5 nitrogen and oxygen atoms in total. The molecule has 1 amide bonds. The molecule has 136 valence electrons. The largest absolute Gasteiger partial charge is 0.488 e. The molecule has 2 N–H and O–H groups in total. The van der Waals surface area contributed by atoms with E-state index in [1.165, 1.54) is 18.2 Å². The smallest absolute Gasteiger partial charge is 0.426 e. The van der Waals surface area contributed by atoms with E-state index in [1.54, 1.807) is 24.3 Å². The van der Waals surface area contributed by atoms with Crippen LogP contribution >= 0.6 is 0 Å². The quantitative estimate of drug-likeness (QED) is 0.858. The van der Waals surface area contributed by atoms with Crippen molar-refractivity contribution in [1.29, 1.82) is 0 Å². The summed E-state index contributed by atoms with van der Waals surface area (Å²) >= 11 is 0. The zero-order valence-electron chi connectivity index (χ0n) is 13.6. The fourth-order valence-electron chi connectivity index (χ4n) is 2.46. The number of halogens is 3. The van der Waals surface area contributed by atoms with E-state index in [0.717, 1.165) is 0 Å². The number of benzene rings is 2. The van der Waals surface area contributed by atoms with E-state index in [0.29, 0.717) is 18.1 Å². The molecule has 0 aromatic heterocycles. The Morgan fingerprint density at radius 3 is 2.54 bits per heavy atom. The highest BCUT2D eigenvalue weighted by molar-refractivity contribution is 6.12. The number of ether oxygens (including phenoxy) is 1. The molecular formula is C18H14F3NO4. The molecule has 2 aromatic rings. The third kappa shape index (κ3) is 3.03. The summed E-state index contributed by atoms with van der Waals surface area (Å²) in [6, 6.07) is 10.8. The van der Waals surface area contributed by atoms with Crippen LogP contribution in [0.3, 0.4) is 0 Å². The van der Waals surface area contributed by atoms with Gasteiger partial charge < -0.3 is 15.2 Å². The Hall–Kier alpha value is -2.87. The monoisotopic (exact) mass is 365 g/mol. The van der Waals surface area contributed by atoms with Gasteiger partial charge in [0, 0.05) is 22.9 Å². The van der Waals surface area contributed by atoms with Crippen LogP contribution in [0.1, 0.15) is 28.4 Å². The molecule has 1 aliphatic heterocycles. The minimum absolute atomic E-state index is 0.0305. The number of carbonyl (C=O) groups is 2. The van der Waals surface area contributed by atoms with E-state index in [-0.39, 0.29) is 29.4 Å². The molecule has 0 aliphatic carbocycles. The third-order valence-electron chi connectivity index (χ3n) is 4.12. The van der Waals surface area contributed by atoms with Gasteiger partial charge in [0.25, 0.3) is 5.91 Å². The molecule has 1 heterocycles. The number of nitrogens with one attached hydrogen (secondary N) is 1. The summed E-state index contributed by atoms with van der Waals surface area (Å²) < 4.78 is 43.8. The second-order valence-electron chi connectivity index (χ2n) is 6.01. The number of hydrogen-bond donors (Lipinski definition) is 2. The zero-order valence-corrected chi connectivity index (χ0v) is 13.6. The number of fused-ring (bicyclic) bond motifs is 2. The molecule has 0 saturated heterocycles. The Labute approximate surface area is 146 Å². The van der Waals surface area contributed by atoms with Crippen molar-refractivity contribution in [2.24, 2.45) is 0 Å². The van der Waals surface area contributed by atoms with Crippen LogP contribution in [0.4, 0.5) is 18.9 Å². The maximum Gasteiger partial charge on any atom is 0.426 e. The fraction of sp³-hybridized carbons (Fsp3) is 0.222. The van der Waals surface area contributed by atoms with Crippen LogP contribution in [-0.4, -0.2) is 28.6 Å². The lowest BCUT2D eigenvalue weighted by Gasteiger charge is -2.25. The molecule has 8 heteroatoms. The van der Waals surface area contributed by atoms with E-state index in [1.807, 2.05) is 5.32 Å². The van der Waals surface area contributed by atoms with Gasteiger partial charge in [-0.1, -0.05) is 24.3 Å². The van der Waals surface area contributed by atoms with Crippen LogP contribution in [0.2, 0.25) is 0 Å². The van der Waals surface area contributed by atoms with E-state index in [2.05, 4.69) is 0 Å². The molecule has 2 aromatic carbocycles. The van der Waals surface area contributed by atoms with Crippen molar-refractivity contribution in [3.8, 4) is 5.75 Å². The molecular weight excluding hydrogens is 351 g/mol. The van der Waals surface area contributed by atoms with E-state index >= 15 is 0 Å². The summed E-state index contributed by atoms with van der Waals surface area (Å²) in [7, 11) is 0. The number of amides is 1. The molecule has 0 bridgehead atoms. The summed E-state index contributed by atoms with van der Waals surface area (Å²) in [5.74, 6) is -1.78. The minimum Gasteiger partial charge on any atom is -0.488 e. The minimum atomic E-state index is -5.13. The van der Waals surface area contributed by atoms with Crippen LogP contribution in [0.25, 0.3) is 0 Å². The van der Waals surface area contributed by atoms with Crippen LogP contribution in [-0.2, 0) is 11.4 Å². The number of anilines is 1. The highest BCUT2D eigenvalue weighted by Gasteiger charge is 2.55. The van der Waals surface area contributed by atoms with Gasteiger partial charge in [-0.05, 0) is 19.1 Å². The summed E-state index contributed by atoms with van der Waals surface area (Å²) in [5.41, 5.74) is -2.19. The van der Waals surface area contributed by atoms with Gasteiger partial charge in [0.15, 0.2) is 5.78 Å². The van der Waals surface area contributed by atoms with Gasteiger partial charge in [0.1, 0.15) is 12.4 Å². The Kier molecular flexibility index (Phi) is 4.23. The van der Waals surface area contributed by atoms with E-state index in [4.69, 9.17) is 4.74 Å². The lowest BCUT2D eigenvalue weighted by molar-refractivity contribution is -0.242. The van der Waals surface area contributed by atoms with E-state index in [9.17, 15) is 27.9 Å². The number of hydrogen-bond acceptors (Lipinski definition) is 4. The van der Waals surface area contributed by atoms with Crippen molar-refractivity contribution in [1.82, 2.24) is 0 Å². The van der Waals surface area contributed by atoms with Gasteiger partial charge in [-0.2, -0.15) is 13.2 Å². The predicted molar refractivity (Wildman–Crippen MR) is 86.0 cm³/mol. The van der Waals surface area contributed by atoms with Crippen molar-refractivity contribution >= 4 is 17.4 Å². The lowest BCUT2D eigenvalue weighted by Crippen LogP contribution is -2.52. The second kappa shape index (κ2) is 6.14. The zero-order chi connectivity index (χ0) is 19.1. The molecule has 0 spiro atoms. The Morgan fingerprint density at radius 2 is 1.85 bits per heavy atom. The Balaban J connectivity index is 1.89. The molecule has 0 fully saturated rings. The third-order valence-corrected chi connectivity index (χ3v) is 4.12. The highest BCUT2D eigenvalue weighted by atomic mass is 19.4. The Bertz CT molecular complexity index is 890. The van der Waals surface area contributed by atoms with Gasteiger partial charge >= 0.3 is 6.18 Å². The first kappa shape index (κ1) is 17.9. The maximum atomic E-state index is 12.7. The second-order valence-corrected chi connectivity index (χ2v) is 6.01. The topological polar surface area (TPSA) is 75.6 Å². The SMILES string of the molecule is CC(O)(C(=O)Nc1ccc2c(c1)OCc1ccccc1C2=O)C(F)(F)F. The standard InChI is InChI=1S/C18H14F3NO4/c1-17(25,18(19,20)21)16(24)22-11-6-7-13-14(8-11)26-9-10-4-2-3-5-12(10)15(13)23/h2-8,25H,9H2,1H3,(H,22,24). The summed E-state index contributed by atoms with van der Waals surface area (Å²) in [4.78, 5) is 24.4. The first-order chi connectivity index (χ1) is 12.1. The van der Waals surface area contributed by atoms with E-state index < -0.39 is 17.7 Å². The lowest BCUT2D eigenvalue weighted by atomic mass is 9.99. The van der Waals surface area contributed by atoms with Crippen LogP contribution < -0.4 is 10.1 Å². The predicted octanol–water partition coefficient (Wildman–Crippen LogP) is 3.06. The van der Waals surface area contributed by atoms with Gasteiger partial charge in [0.05, 0.1) is 5.56 Å². The molecule has 3 rings (SSSR count). The number of carbonyl (C=O) groups excluding carboxylic acids is 2. The highest BCUT2D eigenvalue weighted by Crippen LogP contribution is 2.33. The van der Waals surface area contributed by atoms with Crippen LogP contribution in [0.15, 0.2) is 42.5 Å². The molecule has 26 heavy (non-hydrogen) atoms. The number of ketones is 1. The normalized spacial score (nSPS) is 15.8. The first-order valence-corrected chi connectivity index (χ1v) is 7.61. The van der Waals surface area contributed by atoms with Gasteiger partial charge in [-0.3, -0.25) is 9.59 Å². The maximum absolute atomic E-state index is 12.7. The first-order valence-electron chi connectivity index (χ1n) is 7.61. The molecule has 1 atom stereocenters. The summed E-state index contributed by atoms with van der Waals surface area (Å²) in [6.07, 6.45) is -5.13. The van der Waals surface area contributed by atoms with Gasteiger partial charge in [-0.25, -0.2) is 0 Å². The Morgan fingerprint density at radius 1 is 1.15 bits per heavy atom. The number of aliphatic hydroxyl groups is 1. The molecule has 1 aliphatic rings. The average Bonchev–Trinajstić information content (AvgIpc) is 2.71. The van der Waals surface area contributed by atoms with Crippen LogP contribution in [0, 0.1) is 0 Å². The van der Waals surface area contributed by atoms with Crippen molar-refractivity contribution in [2.45, 2.75) is 25.3 Å². The number of rotatable bonds is 2. The van der Waals surface area contributed by atoms with Crippen LogP contribution in [0.5, 0.6) is 5.75 Å². The van der Waals surface area contributed by atoms with Gasteiger partial charge in [0.2, 0.25) is 5.60 Å². The van der Waals surface area contributed by atoms with Gasteiger partial charge in [-0.15, -0.1) is 0 Å².